The van der Waals surface area contributed by atoms with Crippen LogP contribution < -0.4 is 5.73 Å². The summed E-state index contributed by atoms with van der Waals surface area (Å²) in [6, 6.07) is 10.4. The highest BCUT2D eigenvalue weighted by atomic mass is 14.9. The fourth-order valence-electron chi connectivity index (χ4n) is 2.26. The second kappa shape index (κ2) is 4.26. The van der Waals surface area contributed by atoms with Crippen molar-refractivity contribution in [2.45, 2.75) is 25.3 Å². The number of aromatic nitrogens is 2. The number of aryl methyl sites for hydroxylation is 1. The third kappa shape index (κ3) is 2.06. The first-order valence-corrected chi connectivity index (χ1v) is 5.99. The maximum Gasteiger partial charge on any atom is 0.159 e. The number of benzene rings is 1. The Morgan fingerprint density at radius 3 is 2.82 bits per heavy atom. The second-order valence-corrected chi connectivity index (χ2v) is 4.53. The summed E-state index contributed by atoms with van der Waals surface area (Å²) in [5.41, 5.74) is 9.40. The van der Waals surface area contributed by atoms with Crippen LogP contribution >= 0.6 is 0 Å². The third-order valence-corrected chi connectivity index (χ3v) is 3.22. The van der Waals surface area contributed by atoms with Crippen LogP contribution in [0.15, 0.2) is 36.5 Å². The lowest BCUT2D eigenvalue weighted by atomic mass is 9.93. The minimum absolute atomic E-state index is 0.272. The molecule has 2 N–H and O–H groups in total. The number of rotatable bonds is 1. The van der Waals surface area contributed by atoms with Crippen LogP contribution in [0.25, 0.3) is 11.4 Å². The van der Waals surface area contributed by atoms with Gasteiger partial charge in [0.25, 0.3) is 0 Å². The Kier molecular flexibility index (Phi) is 2.61. The van der Waals surface area contributed by atoms with Crippen LogP contribution in [0.5, 0.6) is 0 Å². The van der Waals surface area contributed by atoms with Gasteiger partial charge in [-0.05, 0) is 24.8 Å². The Morgan fingerprint density at radius 2 is 2.00 bits per heavy atom. The van der Waals surface area contributed by atoms with Gasteiger partial charge in [0.1, 0.15) is 0 Å². The molecule has 1 aromatic heterocycles. The molecule has 1 heterocycles. The van der Waals surface area contributed by atoms with E-state index in [9.17, 15) is 0 Å². The average Bonchev–Trinajstić information content (AvgIpc) is 2.39. The predicted molar refractivity (Wildman–Crippen MR) is 67.5 cm³/mol. The Balaban J connectivity index is 1.99. The third-order valence-electron chi connectivity index (χ3n) is 3.22. The monoisotopic (exact) mass is 225 g/mol. The van der Waals surface area contributed by atoms with Crippen molar-refractivity contribution in [2.24, 2.45) is 5.73 Å². The highest BCUT2D eigenvalue weighted by Crippen LogP contribution is 2.21. The summed E-state index contributed by atoms with van der Waals surface area (Å²) < 4.78 is 0. The van der Waals surface area contributed by atoms with Crippen molar-refractivity contribution in [2.75, 3.05) is 0 Å². The summed E-state index contributed by atoms with van der Waals surface area (Å²) in [5.74, 6) is 0.819. The lowest BCUT2D eigenvalue weighted by Gasteiger charge is -2.20. The molecule has 0 bridgehead atoms. The van der Waals surface area contributed by atoms with Crippen LogP contribution in [0.4, 0.5) is 0 Å². The molecule has 86 valence electrons. The molecule has 1 unspecified atom stereocenters. The van der Waals surface area contributed by atoms with Gasteiger partial charge in [0, 0.05) is 23.5 Å². The van der Waals surface area contributed by atoms with E-state index in [1.165, 1.54) is 11.3 Å². The van der Waals surface area contributed by atoms with Crippen molar-refractivity contribution in [3.05, 3.63) is 47.8 Å². The van der Waals surface area contributed by atoms with Crippen molar-refractivity contribution < 1.29 is 0 Å². The molecule has 0 saturated carbocycles. The Labute approximate surface area is 101 Å². The topological polar surface area (TPSA) is 51.8 Å². The molecular weight excluding hydrogens is 210 g/mol. The van der Waals surface area contributed by atoms with Crippen molar-refractivity contribution in [3.63, 3.8) is 0 Å². The van der Waals surface area contributed by atoms with Crippen molar-refractivity contribution >= 4 is 0 Å². The highest BCUT2D eigenvalue weighted by molar-refractivity contribution is 5.54. The first kappa shape index (κ1) is 10.4. The van der Waals surface area contributed by atoms with Crippen molar-refractivity contribution in [1.82, 2.24) is 9.97 Å². The van der Waals surface area contributed by atoms with Crippen molar-refractivity contribution in [1.29, 1.82) is 0 Å². The molecule has 2 aromatic rings. The zero-order valence-electron chi connectivity index (χ0n) is 9.63. The van der Waals surface area contributed by atoms with E-state index in [0.717, 1.165) is 30.7 Å². The molecule has 1 aromatic carbocycles. The summed E-state index contributed by atoms with van der Waals surface area (Å²) in [7, 11) is 0. The van der Waals surface area contributed by atoms with Gasteiger partial charge < -0.3 is 5.73 Å². The molecule has 17 heavy (non-hydrogen) atoms. The first-order valence-electron chi connectivity index (χ1n) is 5.99. The number of hydrogen-bond acceptors (Lipinski definition) is 3. The average molecular weight is 225 g/mol. The number of nitrogens with zero attached hydrogens (tertiary/aromatic N) is 2. The molecule has 0 fully saturated rings. The summed E-state index contributed by atoms with van der Waals surface area (Å²) in [6.45, 7) is 0. The number of nitrogens with two attached hydrogens (primary N) is 1. The van der Waals surface area contributed by atoms with E-state index in [4.69, 9.17) is 5.73 Å². The van der Waals surface area contributed by atoms with Gasteiger partial charge in [-0.3, -0.25) is 0 Å². The van der Waals surface area contributed by atoms with Crippen LogP contribution in [0.2, 0.25) is 0 Å². The fraction of sp³-hybridized carbons (Fsp3) is 0.286. The molecule has 0 saturated heterocycles. The van der Waals surface area contributed by atoms with E-state index < -0.39 is 0 Å². The Bertz CT molecular complexity index is 522. The standard InChI is InChI=1S/C14H15N3/c15-12-6-7-13-11(8-12)9-16-14(17-13)10-4-2-1-3-5-10/h1-5,9,12H,6-8,15H2. The molecular formula is C14H15N3. The van der Waals surface area contributed by atoms with Gasteiger partial charge in [-0.1, -0.05) is 30.3 Å². The van der Waals surface area contributed by atoms with Crippen molar-refractivity contribution in [3.8, 4) is 11.4 Å². The van der Waals surface area contributed by atoms with Crippen LogP contribution in [-0.4, -0.2) is 16.0 Å². The maximum atomic E-state index is 5.94. The zero-order chi connectivity index (χ0) is 11.7. The quantitative estimate of drug-likeness (QED) is 0.807. The lowest BCUT2D eigenvalue weighted by molar-refractivity contribution is 0.564. The minimum Gasteiger partial charge on any atom is -0.327 e. The summed E-state index contributed by atoms with van der Waals surface area (Å²) in [4.78, 5) is 9.08. The molecule has 3 nitrogen and oxygen atoms in total. The maximum absolute atomic E-state index is 5.94. The van der Waals surface area contributed by atoms with Crippen LogP contribution in [-0.2, 0) is 12.8 Å². The van der Waals surface area contributed by atoms with Gasteiger partial charge in [-0.2, -0.15) is 0 Å². The highest BCUT2D eigenvalue weighted by Gasteiger charge is 2.17. The molecule has 1 aliphatic rings. The van der Waals surface area contributed by atoms with Gasteiger partial charge in [-0.25, -0.2) is 9.97 Å². The van der Waals surface area contributed by atoms with Gasteiger partial charge in [-0.15, -0.1) is 0 Å². The Morgan fingerprint density at radius 1 is 1.18 bits per heavy atom. The van der Waals surface area contributed by atoms with Crippen LogP contribution in [0.3, 0.4) is 0 Å². The predicted octanol–water partition coefficient (Wildman–Crippen LogP) is 1.96. The normalized spacial score (nSPS) is 18.8. The summed E-state index contributed by atoms with van der Waals surface area (Å²) in [6.07, 6.45) is 4.84. The molecule has 0 aliphatic heterocycles. The van der Waals surface area contributed by atoms with E-state index in [2.05, 4.69) is 9.97 Å². The SMILES string of the molecule is NC1CCc2nc(-c3ccccc3)ncc2C1. The van der Waals surface area contributed by atoms with E-state index in [-0.39, 0.29) is 6.04 Å². The van der Waals surface area contributed by atoms with E-state index in [1.807, 2.05) is 36.5 Å². The second-order valence-electron chi connectivity index (χ2n) is 4.53. The zero-order valence-corrected chi connectivity index (χ0v) is 9.63. The smallest absolute Gasteiger partial charge is 0.159 e. The lowest BCUT2D eigenvalue weighted by Crippen LogP contribution is -2.28. The largest absolute Gasteiger partial charge is 0.327 e. The fourth-order valence-corrected chi connectivity index (χ4v) is 2.26. The van der Waals surface area contributed by atoms with E-state index in [1.54, 1.807) is 0 Å². The van der Waals surface area contributed by atoms with E-state index in [0.29, 0.717) is 0 Å². The van der Waals surface area contributed by atoms with Gasteiger partial charge in [0.05, 0.1) is 0 Å². The molecule has 1 aliphatic carbocycles. The molecule has 1 atom stereocenters. The molecule has 0 radical (unpaired) electrons. The number of fused-ring (bicyclic) bond motifs is 1. The van der Waals surface area contributed by atoms with Crippen LogP contribution in [0, 0.1) is 0 Å². The molecule has 3 heteroatoms. The number of hydrogen-bond donors (Lipinski definition) is 1. The minimum atomic E-state index is 0.272. The summed E-state index contributed by atoms with van der Waals surface area (Å²) >= 11 is 0. The van der Waals surface area contributed by atoms with E-state index >= 15 is 0 Å². The molecule has 0 amide bonds. The summed E-state index contributed by atoms with van der Waals surface area (Å²) in [5, 5.41) is 0. The van der Waals surface area contributed by atoms with Gasteiger partial charge >= 0.3 is 0 Å². The Hall–Kier alpha value is -1.74. The molecule has 3 rings (SSSR count). The van der Waals surface area contributed by atoms with Gasteiger partial charge in [0.15, 0.2) is 5.82 Å². The van der Waals surface area contributed by atoms with Gasteiger partial charge in [0.2, 0.25) is 0 Å². The first-order chi connectivity index (χ1) is 8.33. The molecule has 0 spiro atoms. The van der Waals surface area contributed by atoms with Crippen LogP contribution in [0.1, 0.15) is 17.7 Å².